The molecule has 0 spiro atoms. The van der Waals surface area contributed by atoms with Crippen molar-refractivity contribution in [2.24, 2.45) is 0 Å². The van der Waals surface area contributed by atoms with Crippen LogP contribution in [-0.4, -0.2) is 49.6 Å². The minimum atomic E-state index is -0.214. The molecule has 0 radical (unpaired) electrons. The quantitative estimate of drug-likeness (QED) is 0.788. The molecule has 2 aromatic carbocycles. The minimum Gasteiger partial charge on any atom is -0.489 e. The van der Waals surface area contributed by atoms with Gasteiger partial charge in [-0.05, 0) is 38.1 Å². The van der Waals surface area contributed by atoms with Crippen molar-refractivity contribution in [3.8, 4) is 5.75 Å². The molecule has 0 aromatic heterocycles. The van der Waals surface area contributed by atoms with E-state index in [0.717, 1.165) is 11.4 Å². The second-order valence-corrected chi connectivity index (χ2v) is 7.16. The zero-order valence-electron chi connectivity index (χ0n) is 16.5. The number of hydrogen-bond donors (Lipinski definition) is 1. The van der Waals surface area contributed by atoms with Crippen LogP contribution in [0.4, 0.5) is 15.8 Å². The molecule has 0 bridgehead atoms. The van der Waals surface area contributed by atoms with E-state index in [1.54, 1.807) is 12.1 Å². The Morgan fingerprint density at radius 3 is 2.46 bits per heavy atom. The zero-order chi connectivity index (χ0) is 19.9. The number of anilines is 2. The van der Waals surface area contributed by atoms with Crippen LogP contribution in [0.25, 0.3) is 0 Å². The Labute approximate surface area is 166 Å². The molecule has 5 nitrogen and oxygen atoms in total. The van der Waals surface area contributed by atoms with Crippen LogP contribution >= 0.6 is 0 Å². The molecule has 0 unspecified atom stereocenters. The number of para-hydroxylation sites is 3. The molecule has 28 heavy (non-hydrogen) atoms. The number of piperazine rings is 1. The van der Waals surface area contributed by atoms with Gasteiger partial charge in [0.1, 0.15) is 11.6 Å². The van der Waals surface area contributed by atoms with Gasteiger partial charge in [0, 0.05) is 39.1 Å². The predicted octanol–water partition coefficient (Wildman–Crippen LogP) is 3.76. The molecule has 6 heteroatoms. The summed E-state index contributed by atoms with van der Waals surface area (Å²) in [6.45, 7) is 7.03. The number of carbonyl (C=O) groups is 1. The van der Waals surface area contributed by atoms with Crippen LogP contribution in [0.3, 0.4) is 0 Å². The van der Waals surface area contributed by atoms with Crippen molar-refractivity contribution in [3.63, 3.8) is 0 Å². The molecule has 0 saturated carbocycles. The van der Waals surface area contributed by atoms with E-state index in [1.807, 2.05) is 54.0 Å². The van der Waals surface area contributed by atoms with Gasteiger partial charge in [-0.3, -0.25) is 4.79 Å². The Morgan fingerprint density at radius 1 is 1.07 bits per heavy atom. The Morgan fingerprint density at radius 2 is 1.75 bits per heavy atom. The lowest BCUT2D eigenvalue weighted by Crippen LogP contribution is -2.49. The van der Waals surface area contributed by atoms with Crippen LogP contribution < -0.4 is 15.0 Å². The fraction of sp³-hybridized carbons (Fsp3) is 0.409. The maximum absolute atomic E-state index is 13.9. The summed E-state index contributed by atoms with van der Waals surface area (Å²) < 4.78 is 19.7. The highest BCUT2D eigenvalue weighted by atomic mass is 19.1. The third-order valence-corrected chi connectivity index (χ3v) is 4.73. The average Bonchev–Trinajstić information content (AvgIpc) is 2.69. The number of nitrogens with zero attached hydrogens (tertiary/aromatic N) is 2. The fourth-order valence-corrected chi connectivity index (χ4v) is 3.34. The van der Waals surface area contributed by atoms with Crippen molar-refractivity contribution >= 4 is 17.3 Å². The summed E-state index contributed by atoms with van der Waals surface area (Å²) in [6.07, 6.45) is 0.505. The predicted molar refractivity (Wildman–Crippen MR) is 111 cm³/mol. The first-order valence-corrected chi connectivity index (χ1v) is 9.81. The number of nitrogens with one attached hydrogen (secondary N) is 1. The van der Waals surface area contributed by atoms with Gasteiger partial charge in [0.15, 0.2) is 0 Å². The van der Waals surface area contributed by atoms with E-state index in [4.69, 9.17) is 4.74 Å². The molecule has 3 rings (SSSR count). The Bertz CT molecular complexity index is 789. The summed E-state index contributed by atoms with van der Waals surface area (Å²) in [6, 6.07) is 14.5. The largest absolute Gasteiger partial charge is 0.489 e. The topological polar surface area (TPSA) is 44.8 Å². The van der Waals surface area contributed by atoms with E-state index in [9.17, 15) is 9.18 Å². The van der Waals surface area contributed by atoms with Crippen molar-refractivity contribution in [2.75, 3.05) is 42.9 Å². The number of rotatable bonds is 7. The highest BCUT2D eigenvalue weighted by Crippen LogP contribution is 2.25. The summed E-state index contributed by atoms with van der Waals surface area (Å²) in [4.78, 5) is 16.4. The highest BCUT2D eigenvalue weighted by Gasteiger charge is 2.22. The van der Waals surface area contributed by atoms with E-state index in [-0.39, 0.29) is 17.8 Å². The summed E-state index contributed by atoms with van der Waals surface area (Å²) >= 11 is 0. The maximum Gasteiger partial charge on any atom is 0.224 e. The summed E-state index contributed by atoms with van der Waals surface area (Å²) in [5.74, 6) is 0.695. The second-order valence-electron chi connectivity index (χ2n) is 7.16. The summed E-state index contributed by atoms with van der Waals surface area (Å²) in [7, 11) is 0. The first-order valence-electron chi connectivity index (χ1n) is 9.81. The number of ether oxygens (including phenoxy) is 1. The van der Waals surface area contributed by atoms with Gasteiger partial charge in [-0.15, -0.1) is 0 Å². The number of hydrogen-bond acceptors (Lipinski definition) is 4. The lowest BCUT2D eigenvalue weighted by molar-refractivity contribution is -0.131. The summed E-state index contributed by atoms with van der Waals surface area (Å²) in [5.41, 5.74) is 1.51. The SMILES string of the molecule is CC(C)Oc1ccccc1NCCC(=O)N1CCN(c2ccccc2F)CC1. The first-order chi connectivity index (χ1) is 13.5. The van der Waals surface area contributed by atoms with Gasteiger partial charge in [0.05, 0.1) is 17.5 Å². The Hall–Kier alpha value is -2.76. The van der Waals surface area contributed by atoms with Crippen LogP contribution in [0.5, 0.6) is 5.75 Å². The van der Waals surface area contributed by atoms with Crippen LogP contribution in [0.15, 0.2) is 48.5 Å². The molecule has 0 aliphatic carbocycles. The van der Waals surface area contributed by atoms with E-state index in [1.165, 1.54) is 6.07 Å². The van der Waals surface area contributed by atoms with Crippen LogP contribution in [0, 0.1) is 5.82 Å². The van der Waals surface area contributed by atoms with Gasteiger partial charge in [-0.2, -0.15) is 0 Å². The molecule has 0 atom stereocenters. The standard InChI is InChI=1S/C22H28FN3O2/c1-17(2)28-21-10-6-4-8-19(21)24-12-11-22(27)26-15-13-25(14-16-26)20-9-5-3-7-18(20)23/h3-10,17,24H,11-16H2,1-2H3. The lowest BCUT2D eigenvalue weighted by atomic mass is 10.2. The van der Waals surface area contributed by atoms with Gasteiger partial charge < -0.3 is 19.9 Å². The Balaban J connectivity index is 1.46. The third kappa shape index (κ3) is 5.15. The highest BCUT2D eigenvalue weighted by molar-refractivity contribution is 5.77. The van der Waals surface area contributed by atoms with Crippen molar-refractivity contribution < 1.29 is 13.9 Å². The van der Waals surface area contributed by atoms with Gasteiger partial charge in [0.2, 0.25) is 5.91 Å². The zero-order valence-corrected chi connectivity index (χ0v) is 16.5. The second kappa shape index (κ2) is 9.44. The number of benzene rings is 2. The van der Waals surface area contributed by atoms with Gasteiger partial charge >= 0.3 is 0 Å². The molecule has 1 heterocycles. The molecule has 1 fully saturated rings. The smallest absolute Gasteiger partial charge is 0.224 e. The minimum absolute atomic E-state index is 0.0929. The molecule has 1 aliphatic rings. The Kier molecular flexibility index (Phi) is 6.74. The van der Waals surface area contributed by atoms with Crippen LogP contribution in [0.2, 0.25) is 0 Å². The monoisotopic (exact) mass is 385 g/mol. The van der Waals surface area contributed by atoms with Crippen molar-refractivity contribution in [2.45, 2.75) is 26.4 Å². The first kappa shape index (κ1) is 20.0. The van der Waals surface area contributed by atoms with E-state index < -0.39 is 0 Å². The van der Waals surface area contributed by atoms with Crippen molar-refractivity contribution in [3.05, 3.63) is 54.3 Å². The molecular weight excluding hydrogens is 357 g/mol. The molecule has 1 saturated heterocycles. The number of amides is 1. The fourth-order valence-electron chi connectivity index (χ4n) is 3.34. The van der Waals surface area contributed by atoms with E-state index >= 15 is 0 Å². The molecule has 1 N–H and O–H groups in total. The van der Waals surface area contributed by atoms with Gasteiger partial charge in [0.25, 0.3) is 0 Å². The molecule has 1 aliphatic heterocycles. The van der Waals surface area contributed by atoms with E-state index in [0.29, 0.717) is 44.8 Å². The lowest BCUT2D eigenvalue weighted by Gasteiger charge is -2.36. The molecule has 150 valence electrons. The molecular formula is C22H28FN3O2. The maximum atomic E-state index is 13.9. The van der Waals surface area contributed by atoms with Crippen LogP contribution in [-0.2, 0) is 4.79 Å². The van der Waals surface area contributed by atoms with Gasteiger partial charge in [-0.1, -0.05) is 24.3 Å². The van der Waals surface area contributed by atoms with Crippen molar-refractivity contribution in [1.82, 2.24) is 4.90 Å². The number of halogens is 1. The third-order valence-electron chi connectivity index (χ3n) is 4.73. The summed E-state index contributed by atoms with van der Waals surface area (Å²) in [5, 5.41) is 3.30. The normalized spacial score (nSPS) is 14.3. The van der Waals surface area contributed by atoms with E-state index in [2.05, 4.69) is 5.32 Å². The van der Waals surface area contributed by atoms with Gasteiger partial charge in [-0.25, -0.2) is 4.39 Å². The molecule has 2 aromatic rings. The average molecular weight is 385 g/mol. The van der Waals surface area contributed by atoms with Crippen LogP contribution in [0.1, 0.15) is 20.3 Å². The van der Waals surface area contributed by atoms with Crippen molar-refractivity contribution in [1.29, 1.82) is 0 Å². The number of carbonyl (C=O) groups excluding carboxylic acids is 1. The molecule has 1 amide bonds.